The molecule has 1 aromatic carbocycles. The van der Waals surface area contributed by atoms with Gasteiger partial charge in [0.15, 0.2) is 0 Å². The molecule has 0 amide bonds. The van der Waals surface area contributed by atoms with Crippen LogP contribution >= 0.6 is 0 Å². The van der Waals surface area contributed by atoms with Crippen molar-refractivity contribution in [1.29, 1.82) is 0 Å². The van der Waals surface area contributed by atoms with Gasteiger partial charge < -0.3 is 9.73 Å². The minimum absolute atomic E-state index is 0.507. The summed E-state index contributed by atoms with van der Waals surface area (Å²) < 4.78 is 5.57. The van der Waals surface area contributed by atoms with Gasteiger partial charge in [-0.25, -0.2) is 0 Å². The molecule has 0 atom stereocenters. The molecule has 0 bridgehead atoms. The Bertz CT molecular complexity index is 536. The standard InChI is InChI=1S/C13H18N4O/c1-9-5-6-11(10(2)7-9)17(4)13-16-15-12(18-13)8-14-3/h5-7,14H,8H2,1-4H3. The number of aromatic nitrogens is 2. The Morgan fingerprint density at radius 1 is 1.28 bits per heavy atom. The van der Waals surface area contributed by atoms with E-state index in [1.807, 2.05) is 19.0 Å². The van der Waals surface area contributed by atoms with Gasteiger partial charge in [-0.05, 0) is 32.5 Å². The summed E-state index contributed by atoms with van der Waals surface area (Å²) in [5.74, 6) is 0.587. The topological polar surface area (TPSA) is 54.2 Å². The van der Waals surface area contributed by atoms with Gasteiger partial charge in [-0.3, -0.25) is 4.90 Å². The molecule has 1 heterocycles. The van der Waals surface area contributed by atoms with Crippen molar-refractivity contribution in [2.75, 3.05) is 19.0 Å². The lowest BCUT2D eigenvalue weighted by molar-refractivity contribution is 0.483. The summed E-state index contributed by atoms with van der Waals surface area (Å²) in [5, 5.41) is 11.0. The van der Waals surface area contributed by atoms with Gasteiger partial charge in [0.05, 0.1) is 6.54 Å². The van der Waals surface area contributed by atoms with Crippen LogP contribution in [-0.4, -0.2) is 24.3 Å². The molecule has 0 saturated carbocycles. The van der Waals surface area contributed by atoms with E-state index < -0.39 is 0 Å². The number of anilines is 2. The van der Waals surface area contributed by atoms with Crippen molar-refractivity contribution in [3.05, 3.63) is 35.2 Å². The van der Waals surface area contributed by atoms with Gasteiger partial charge in [-0.2, -0.15) is 0 Å². The lowest BCUT2D eigenvalue weighted by Gasteiger charge is -2.16. The molecule has 5 heteroatoms. The number of benzene rings is 1. The lowest BCUT2D eigenvalue weighted by atomic mass is 10.1. The third-order valence-electron chi connectivity index (χ3n) is 2.78. The van der Waals surface area contributed by atoms with E-state index in [1.54, 1.807) is 0 Å². The fourth-order valence-electron chi connectivity index (χ4n) is 1.89. The predicted molar refractivity (Wildman–Crippen MR) is 71.0 cm³/mol. The van der Waals surface area contributed by atoms with Crippen molar-refractivity contribution >= 4 is 11.7 Å². The number of nitrogens with zero attached hydrogens (tertiary/aromatic N) is 3. The van der Waals surface area contributed by atoms with Gasteiger partial charge in [0.1, 0.15) is 0 Å². The zero-order valence-corrected chi connectivity index (χ0v) is 11.2. The van der Waals surface area contributed by atoms with Crippen LogP contribution in [-0.2, 0) is 6.54 Å². The van der Waals surface area contributed by atoms with Crippen LogP contribution in [0.3, 0.4) is 0 Å². The van der Waals surface area contributed by atoms with E-state index in [0.29, 0.717) is 18.5 Å². The molecule has 0 fully saturated rings. The lowest BCUT2D eigenvalue weighted by Crippen LogP contribution is -2.11. The molecule has 0 radical (unpaired) electrons. The van der Waals surface area contributed by atoms with Crippen molar-refractivity contribution in [3.63, 3.8) is 0 Å². The SMILES string of the molecule is CNCc1nnc(N(C)c2ccc(C)cc2C)o1. The smallest absolute Gasteiger partial charge is 0.322 e. The maximum atomic E-state index is 5.57. The summed E-state index contributed by atoms with van der Waals surface area (Å²) in [5.41, 5.74) is 3.50. The minimum atomic E-state index is 0.507. The van der Waals surface area contributed by atoms with Crippen LogP contribution in [0.15, 0.2) is 22.6 Å². The second kappa shape index (κ2) is 5.18. The van der Waals surface area contributed by atoms with Crippen molar-refractivity contribution in [1.82, 2.24) is 15.5 Å². The van der Waals surface area contributed by atoms with E-state index in [1.165, 1.54) is 11.1 Å². The van der Waals surface area contributed by atoms with Gasteiger partial charge >= 0.3 is 6.01 Å². The molecule has 0 unspecified atom stereocenters. The highest BCUT2D eigenvalue weighted by Crippen LogP contribution is 2.26. The zero-order valence-electron chi connectivity index (χ0n) is 11.2. The minimum Gasteiger partial charge on any atom is -0.406 e. The third-order valence-corrected chi connectivity index (χ3v) is 2.78. The second-order valence-electron chi connectivity index (χ2n) is 4.36. The van der Waals surface area contributed by atoms with Gasteiger partial charge in [-0.1, -0.05) is 22.8 Å². The molecule has 2 aromatic rings. The first kappa shape index (κ1) is 12.6. The molecule has 0 saturated heterocycles. The molecule has 0 spiro atoms. The number of nitrogens with one attached hydrogen (secondary N) is 1. The van der Waals surface area contributed by atoms with E-state index in [9.17, 15) is 0 Å². The first-order valence-corrected chi connectivity index (χ1v) is 5.90. The largest absolute Gasteiger partial charge is 0.406 e. The summed E-state index contributed by atoms with van der Waals surface area (Å²) in [6.07, 6.45) is 0. The highest BCUT2D eigenvalue weighted by atomic mass is 16.4. The third kappa shape index (κ3) is 2.51. The van der Waals surface area contributed by atoms with E-state index in [4.69, 9.17) is 4.42 Å². The van der Waals surface area contributed by atoms with Crippen LogP contribution in [0.1, 0.15) is 17.0 Å². The Morgan fingerprint density at radius 3 is 2.72 bits per heavy atom. The summed E-state index contributed by atoms with van der Waals surface area (Å²) in [6, 6.07) is 6.78. The molecule has 96 valence electrons. The van der Waals surface area contributed by atoms with E-state index in [2.05, 4.69) is 47.6 Å². The molecule has 2 rings (SSSR count). The molecule has 5 nitrogen and oxygen atoms in total. The van der Waals surface area contributed by atoms with Gasteiger partial charge in [0, 0.05) is 12.7 Å². The summed E-state index contributed by atoms with van der Waals surface area (Å²) >= 11 is 0. The van der Waals surface area contributed by atoms with Crippen LogP contribution in [0.5, 0.6) is 0 Å². The summed E-state index contributed by atoms with van der Waals surface area (Å²) in [4.78, 5) is 1.90. The monoisotopic (exact) mass is 246 g/mol. The van der Waals surface area contributed by atoms with Crippen molar-refractivity contribution in [2.24, 2.45) is 0 Å². The van der Waals surface area contributed by atoms with Gasteiger partial charge in [-0.15, -0.1) is 5.10 Å². The number of hydrogen-bond donors (Lipinski definition) is 1. The second-order valence-corrected chi connectivity index (χ2v) is 4.36. The molecule has 1 N–H and O–H groups in total. The molecule has 0 aliphatic carbocycles. The molecule has 0 aliphatic heterocycles. The van der Waals surface area contributed by atoms with Crippen LogP contribution in [0.4, 0.5) is 11.7 Å². The molecular weight excluding hydrogens is 228 g/mol. The quantitative estimate of drug-likeness (QED) is 0.896. The average Bonchev–Trinajstić information content (AvgIpc) is 2.77. The van der Waals surface area contributed by atoms with E-state index in [-0.39, 0.29) is 0 Å². The molecule has 18 heavy (non-hydrogen) atoms. The average molecular weight is 246 g/mol. The number of aryl methyl sites for hydroxylation is 2. The maximum absolute atomic E-state index is 5.57. The highest BCUT2D eigenvalue weighted by Gasteiger charge is 2.13. The Kier molecular flexibility index (Phi) is 3.62. The van der Waals surface area contributed by atoms with Crippen LogP contribution in [0, 0.1) is 13.8 Å². The van der Waals surface area contributed by atoms with Crippen LogP contribution in [0.2, 0.25) is 0 Å². The molecule has 0 aliphatic rings. The fourth-order valence-corrected chi connectivity index (χ4v) is 1.89. The molecular formula is C13H18N4O. The van der Waals surface area contributed by atoms with E-state index >= 15 is 0 Å². The normalized spacial score (nSPS) is 10.7. The maximum Gasteiger partial charge on any atom is 0.322 e. The number of rotatable bonds is 4. The molecule has 1 aromatic heterocycles. The Hall–Kier alpha value is -1.88. The zero-order chi connectivity index (χ0) is 13.1. The van der Waals surface area contributed by atoms with Crippen LogP contribution < -0.4 is 10.2 Å². The number of hydrogen-bond acceptors (Lipinski definition) is 5. The highest BCUT2D eigenvalue weighted by molar-refractivity contribution is 5.60. The van der Waals surface area contributed by atoms with Gasteiger partial charge in [0.25, 0.3) is 0 Å². The summed E-state index contributed by atoms with van der Waals surface area (Å²) in [7, 11) is 3.77. The predicted octanol–water partition coefficient (Wildman–Crippen LogP) is 2.17. The van der Waals surface area contributed by atoms with Crippen molar-refractivity contribution in [3.8, 4) is 0 Å². The van der Waals surface area contributed by atoms with Gasteiger partial charge in [0.2, 0.25) is 5.89 Å². The fraction of sp³-hybridized carbons (Fsp3) is 0.385. The first-order chi connectivity index (χ1) is 8.61. The Morgan fingerprint density at radius 2 is 2.06 bits per heavy atom. The summed E-state index contributed by atoms with van der Waals surface area (Å²) in [6.45, 7) is 4.73. The first-order valence-electron chi connectivity index (χ1n) is 5.90. The Balaban J connectivity index is 2.26. The van der Waals surface area contributed by atoms with Crippen molar-refractivity contribution in [2.45, 2.75) is 20.4 Å². The Labute approximate surface area is 107 Å². The van der Waals surface area contributed by atoms with Crippen LogP contribution in [0.25, 0.3) is 0 Å². The van der Waals surface area contributed by atoms with Crippen molar-refractivity contribution < 1.29 is 4.42 Å². The van der Waals surface area contributed by atoms with E-state index in [0.717, 1.165) is 5.69 Å².